The zero-order chi connectivity index (χ0) is 17.9. The third-order valence-corrected chi connectivity index (χ3v) is 3.79. The van der Waals surface area contributed by atoms with Crippen molar-refractivity contribution in [3.8, 4) is 0 Å². The number of carbonyl (C=O) groups excluding carboxylic acids is 1. The van der Waals surface area contributed by atoms with Crippen LogP contribution in [0, 0.1) is 0 Å². The van der Waals surface area contributed by atoms with E-state index in [1.54, 1.807) is 24.4 Å². The summed E-state index contributed by atoms with van der Waals surface area (Å²) in [5.41, 5.74) is 3.25. The number of aromatic nitrogens is 1. The molecular weight excluding hydrogens is 314 g/mol. The molecule has 0 aliphatic heterocycles. The van der Waals surface area contributed by atoms with Gasteiger partial charge in [-0.1, -0.05) is 32.9 Å². The van der Waals surface area contributed by atoms with Crippen LogP contribution in [-0.4, -0.2) is 10.9 Å². The summed E-state index contributed by atoms with van der Waals surface area (Å²) in [4.78, 5) is 16.1. The van der Waals surface area contributed by atoms with Crippen molar-refractivity contribution < 1.29 is 9.21 Å². The Labute approximate surface area is 147 Å². The van der Waals surface area contributed by atoms with Crippen LogP contribution in [-0.2, 0) is 5.41 Å². The SMILES string of the molecule is CC(C)(C)c1ccc(Nc2ccc(NC(=O)c3ccco3)nc2)cc1. The number of nitrogens with zero attached hydrogens (tertiary/aromatic N) is 1. The summed E-state index contributed by atoms with van der Waals surface area (Å²) in [5.74, 6) is 0.397. The van der Waals surface area contributed by atoms with Crippen LogP contribution in [0.4, 0.5) is 17.2 Å². The molecule has 3 rings (SSSR count). The summed E-state index contributed by atoms with van der Waals surface area (Å²) in [6, 6.07) is 15.2. The first-order valence-electron chi connectivity index (χ1n) is 8.10. The first-order valence-corrected chi connectivity index (χ1v) is 8.10. The number of furan rings is 1. The minimum Gasteiger partial charge on any atom is -0.459 e. The van der Waals surface area contributed by atoms with Gasteiger partial charge in [-0.15, -0.1) is 0 Å². The largest absolute Gasteiger partial charge is 0.459 e. The van der Waals surface area contributed by atoms with E-state index in [1.165, 1.54) is 11.8 Å². The highest BCUT2D eigenvalue weighted by Crippen LogP contribution is 2.25. The predicted molar refractivity (Wildman–Crippen MR) is 99.3 cm³/mol. The normalized spacial score (nSPS) is 11.2. The van der Waals surface area contributed by atoms with Gasteiger partial charge in [0.25, 0.3) is 5.91 Å². The van der Waals surface area contributed by atoms with Crippen LogP contribution in [0.15, 0.2) is 65.4 Å². The van der Waals surface area contributed by atoms with Crippen LogP contribution in [0.25, 0.3) is 0 Å². The summed E-state index contributed by atoms with van der Waals surface area (Å²) < 4.78 is 5.05. The Morgan fingerprint density at radius 1 is 1.00 bits per heavy atom. The Kier molecular flexibility index (Phi) is 4.57. The lowest BCUT2D eigenvalue weighted by molar-refractivity contribution is 0.0996. The highest BCUT2D eigenvalue weighted by Gasteiger charge is 2.13. The standard InChI is InChI=1S/C20H21N3O2/c1-20(2,3)14-6-8-15(9-7-14)22-16-10-11-18(21-13-16)23-19(24)17-5-4-12-25-17/h4-13,22H,1-3H3,(H,21,23,24). The molecule has 2 heterocycles. The first kappa shape index (κ1) is 16.8. The van der Waals surface area contributed by atoms with E-state index in [9.17, 15) is 4.79 Å². The third kappa shape index (κ3) is 4.26. The topological polar surface area (TPSA) is 67.2 Å². The molecule has 25 heavy (non-hydrogen) atoms. The van der Waals surface area contributed by atoms with E-state index >= 15 is 0 Å². The average molecular weight is 335 g/mol. The number of carbonyl (C=O) groups is 1. The first-order chi connectivity index (χ1) is 11.9. The summed E-state index contributed by atoms with van der Waals surface area (Å²) in [7, 11) is 0. The molecule has 0 atom stereocenters. The van der Waals surface area contributed by atoms with Crippen LogP contribution >= 0.6 is 0 Å². The number of anilines is 3. The number of pyridine rings is 1. The minimum atomic E-state index is -0.323. The Morgan fingerprint density at radius 2 is 1.72 bits per heavy atom. The van der Waals surface area contributed by atoms with Gasteiger partial charge >= 0.3 is 0 Å². The molecule has 0 spiro atoms. The summed E-state index contributed by atoms with van der Waals surface area (Å²) in [6.07, 6.45) is 3.13. The quantitative estimate of drug-likeness (QED) is 0.706. The smallest absolute Gasteiger partial charge is 0.292 e. The van der Waals surface area contributed by atoms with Crippen LogP contribution < -0.4 is 10.6 Å². The maximum absolute atomic E-state index is 11.9. The lowest BCUT2D eigenvalue weighted by atomic mass is 9.87. The van der Waals surface area contributed by atoms with Crippen LogP contribution in [0.5, 0.6) is 0 Å². The molecule has 0 saturated heterocycles. The van der Waals surface area contributed by atoms with Gasteiger partial charge in [0.15, 0.2) is 5.76 Å². The molecular formula is C20H21N3O2. The average Bonchev–Trinajstić information content (AvgIpc) is 3.11. The Balaban J connectivity index is 1.63. The second-order valence-electron chi connectivity index (χ2n) is 6.82. The number of amides is 1. The van der Waals surface area contributed by atoms with Gasteiger partial charge < -0.3 is 15.1 Å². The van der Waals surface area contributed by atoms with Crippen LogP contribution in [0.2, 0.25) is 0 Å². The summed E-state index contributed by atoms with van der Waals surface area (Å²) in [6.45, 7) is 6.57. The van der Waals surface area contributed by atoms with Crippen molar-refractivity contribution >= 4 is 23.1 Å². The highest BCUT2D eigenvalue weighted by molar-refractivity contribution is 6.01. The molecule has 0 aliphatic rings. The van der Waals surface area contributed by atoms with Gasteiger partial charge in [0, 0.05) is 5.69 Å². The van der Waals surface area contributed by atoms with Crippen molar-refractivity contribution in [2.45, 2.75) is 26.2 Å². The van der Waals surface area contributed by atoms with Crippen molar-refractivity contribution in [2.75, 3.05) is 10.6 Å². The van der Waals surface area contributed by atoms with Crippen molar-refractivity contribution in [1.82, 2.24) is 4.98 Å². The van der Waals surface area contributed by atoms with E-state index in [2.05, 4.69) is 48.5 Å². The van der Waals surface area contributed by atoms with Crippen LogP contribution in [0.1, 0.15) is 36.9 Å². The molecule has 5 nitrogen and oxygen atoms in total. The Morgan fingerprint density at radius 3 is 2.28 bits per heavy atom. The van der Waals surface area contributed by atoms with Gasteiger partial charge in [-0.05, 0) is 47.4 Å². The van der Waals surface area contributed by atoms with Gasteiger partial charge in [-0.2, -0.15) is 0 Å². The third-order valence-electron chi connectivity index (χ3n) is 3.79. The highest BCUT2D eigenvalue weighted by atomic mass is 16.3. The summed E-state index contributed by atoms with van der Waals surface area (Å²) in [5, 5.41) is 5.98. The molecule has 2 aromatic heterocycles. The maximum atomic E-state index is 11.9. The fraction of sp³-hybridized carbons (Fsp3) is 0.200. The molecule has 3 aromatic rings. The number of hydrogen-bond donors (Lipinski definition) is 2. The van der Waals surface area contributed by atoms with Crippen molar-refractivity contribution in [2.24, 2.45) is 0 Å². The van der Waals surface area contributed by atoms with Gasteiger partial charge in [-0.3, -0.25) is 4.79 Å². The van der Waals surface area contributed by atoms with E-state index in [1.807, 2.05) is 18.2 Å². The second kappa shape index (κ2) is 6.81. The molecule has 0 unspecified atom stereocenters. The minimum absolute atomic E-state index is 0.133. The Hall–Kier alpha value is -3.08. The number of rotatable bonds is 4. The molecule has 1 amide bonds. The second-order valence-corrected chi connectivity index (χ2v) is 6.82. The molecule has 128 valence electrons. The maximum Gasteiger partial charge on any atom is 0.292 e. The molecule has 5 heteroatoms. The molecule has 0 bridgehead atoms. The van der Waals surface area contributed by atoms with Crippen molar-refractivity contribution in [1.29, 1.82) is 0 Å². The van der Waals surface area contributed by atoms with E-state index in [0.717, 1.165) is 11.4 Å². The van der Waals surface area contributed by atoms with Gasteiger partial charge in [0.05, 0.1) is 18.1 Å². The fourth-order valence-electron chi connectivity index (χ4n) is 2.35. The predicted octanol–water partition coefficient (Wildman–Crippen LogP) is 4.97. The zero-order valence-corrected chi connectivity index (χ0v) is 14.5. The Bertz CT molecular complexity index is 830. The monoisotopic (exact) mass is 335 g/mol. The molecule has 0 radical (unpaired) electrons. The molecule has 0 saturated carbocycles. The number of hydrogen-bond acceptors (Lipinski definition) is 4. The van der Waals surface area contributed by atoms with Gasteiger partial charge in [-0.25, -0.2) is 4.98 Å². The fourth-order valence-corrected chi connectivity index (χ4v) is 2.35. The number of benzene rings is 1. The van der Waals surface area contributed by atoms with Gasteiger partial charge in [0.2, 0.25) is 0 Å². The van der Waals surface area contributed by atoms with Crippen molar-refractivity contribution in [3.63, 3.8) is 0 Å². The van der Waals surface area contributed by atoms with E-state index in [0.29, 0.717) is 5.82 Å². The van der Waals surface area contributed by atoms with Crippen molar-refractivity contribution in [3.05, 3.63) is 72.3 Å². The van der Waals surface area contributed by atoms with E-state index < -0.39 is 0 Å². The number of nitrogens with one attached hydrogen (secondary N) is 2. The van der Waals surface area contributed by atoms with E-state index in [4.69, 9.17) is 4.42 Å². The molecule has 2 N–H and O–H groups in total. The van der Waals surface area contributed by atoms with E-state index in [-0.39, 0.29) is 17.1 Å². The summed E-state index contributed by atoms with van der Waals surface area (Å²) >= 11 is 0. The zero-order valence-electron chi connectivity index (χ0n) is 14.5. The van der Waals surface area contributed by atoms with Gasteiger partial charge in [0.1, 0.15) is 5.82 Å². The lowest BCUT2D eigenvalue weighted by Gasteiger charge is -2.19. The van der Waals surface area contributed by atoms with Crippen LogP contribution in [0.3, 0.4) is 0 Å². The lowest BCUT2D eigenvalue weighted by Crippen LogP contribution is -2.12. The molecule has 0 fully saturated rings. The molecule has 0 aliphatic carbocycles. The molecule has 1 aromatic carbocycles.